The molecule has 2 aromatic rings. The van der Waals surface area contributed by atoms with Crippen LogP contribution in [0.3, 0.4) is 0 Å². The van der Waals surface area contributed by atoms with E-state index in [2.05, 4.69) is 5.32 Å². The molecule has 2 heterocycles. The number of nitrogens with zero attached hydrogens (tertiary/aromatic N) is 2. The number of hydrogen-bond donors (Lipinski definition) is 2. The zero-order valence-electron chi connectivity index (χ0n) is 26.6. The van der Waals surface area contributed by atoms with Crippen molar-refractivity contribution in [1.29, 1.82) is 0 Å². The smallest absolute Gasteiger partial charge is 0.407 e. The summed E-state index contributed by atoms with van der Waals surface area (Å²) in [5, 5.41) is 15.3. The van der Waals surface area contributed by atoms with Gasteiger partial charge in [0.1, 0.15) is 11.9 Å². The van der Waals surface area contributed by atoms with Crippen LogP contribution in [0.15, 0.2) is 59.5 Å². The number of fused-ring (bicyclic) bond motifs is 1. The lowest BCUT2D eigenvalue weighted by molar-refractivity contribution is -0.170. The third-order valence-electron chi connectivity index (χ3n) is 8.57. The highest BCUT2D eigenvalue weighted by atomic mass is 32.2. The van der Waals surface area contributed by atoms with Gasteiger partial charge in [0.05, 0.1) is 55.9 Å². The maximum atomic E-state index is 14.0. The molecular weight excluding hydrogens is 634 g/mol. The predicted octanol–water partition coefficient (Wildman–Crippen LogP) is 2.41. The number of benzene rings is 2. The molecule has 3 fully saturated rings. The highest BCUT2D eigenvalue weighted by Gasteiger charge is 2.44. The molecule has 0 aromatic heterocycles. The van der Waals surface area contributed by atoms with Crippen LogP contribution in [0.4, 0.5) is 4.79 Å². The summed E-state index contributed by atoms with van der Waals surface area (Å²) in [5.74, 6) is -0.401. The molecule has 47 heavy (non-hydrogen) atoms. The molecule has 2 aromatic carbocycles. The second-order valence-electron chi connectivity index (χ2n) is 11.8. The number of aliphatic hydroxyl groups is 1. The van der Waals surface area contributed by atoms with Gasteiger partial charge in [-0.15, -0.1) is 0 Å². The van der Waals surface area contributed by atoms with Crippen molar-refractivity contribution in [2.24, 2.45) is 5.92 Å². The third kappa shape index (κ3) is 9.19. The summed E-state index contributed by atoms with van der Waals surface area (Å²) in [6.45, 7) is -0.130. The molecule has 0 spiro atoms. The van der Waals surface area contributed by atoms with E-state index in [9.17, 15) is 23.1 Å². The Kier molecular flexibility index (Phi) is 12.1. The summed E-state index contributed by atoms with van der Waals surface area (Å²) in [4.78, 5) is 36.0. The van der Waals surface area contributed by atoms with Gasteiger partial charge in [0.25, 0.3) is 15.9 Å². The quantitative estimate of drug-likeness (QED) is 0.266. The topological polar surface area (TPSA) is 162 Å². The van der Waals surface area contributed by atoms with E-state index >= 15 is 0 Å². The Labute approximate surface area is 274 Å². The van der Waals surface area contributed by atoms with Crippen molar-refractivity contribution < 1.29 is 51.7 Å². The SMILES string of the molecule is CON(C)C(=O)COc1cccc(S(=O)(=O)N(C[C@@H](O)[C@H](Cc2ccccc2)NC(=O)OC2CO[C@H]3OCC[C@@H]23)OC2CCCC2)c1. The Morgan fingerprint density at radius 3 is 2.57 bits per heavy atom. The summed E-state index contributed by atoms with van der Waals surface area (Å²) in [6.07, 6.45) is 0.565. The summed E-state index contributed by atoms with van der Waals surface area (Å²) in [7, 11) is -1.58. The van der Waals surface area contributed by atoms with Gasteiger partial charge in [0.15, 0.2) is 12.9 Å². The zero-order chi connectivity index (χ0) is 33.4. The molecule has 1 unspecified atom stereocenters. The number of rotatable bonds is 15. The van der Waals surface area contributed by atoms with Crippen LogP contribution < -0.4 is 10.1 Å². The van der Waals surface area contributed by atoms with Gasteiger partial charge in [-0.3, -0.25) is 14.5 Å². The average molecular weight is 678 g/mol. The second kappa shape index (κ2) is 16.2. The Hall–Kier alpha value is -3.31. The van der Waals surface area contributed by atoms with Crippen LogP contribution in [0, 0.1) is 5.92 Å². The number of alkyl carbamates (subject to hydrolysis) is 1. The first kappa shape index (κ1) is 35.0. The standard InChI is InChI=1S/C32H43N3O11S/c1-34(41-2)30(37)21-43-24-13-8-14-25(18-24)47(39,40)35(46-23-11-6-7-12-23)19-28(36)27(17-22-9-4-3-5-10-22)33-32(38)45-29-20-44-31-26(29)15-16-42-31/h3-5,8-10,13-14,18,23,26-29,31,36H,6-7,11-12,15-17,19-21H2,1-2H3,(H,33,38)/t26-,27-,28+,29?,31+/m0/s1. The second-order valence-corrected chi connectivity index (χ2v) is 13.6. The predicted molar refractivity (Wildman–Crippen MR) is 166 cm³/mol. The van der Waals surface area contributed by atoms with E-state index in [0.29, 0.717) is 25.9 Å². The van der Waals surface area contributed by atoms with Crippen LogP contribution in [-0.2, 0) is 45.1 Å². The van der Waals surface area contributed by atoms with Crippen LogP contribution in [-0.4, -0.2) is 106 Å². The number of hydroxylamine groups is 3. The van der Waals surface area contributed by atoms with E-state index in [4.69, 9.17) is 28.6 Å². The Morgan fingerprint density at radius 1 is 1.06 bits per heavy atom. The van der Waals surface area contributed by atoms with E-state index < -0.39 is 53.1 Å². The maximum absolute atomic E-state index is 14.0. The third-order valence-corrected chi connectivity index (χ3v) is 10.2. The van der Waals surface area contributed by atoms with E-state index in [1.807, 2.05) is 30.3 Å². The molecule has 15 heteroatoms. The number of aliphatic hydroxyl groups excluding tert-OH is 1. The van der Waals surface area contributed by atoms with Gasteiger partial charge in [0.2, 0.25) is 0 Å². The Balaban J connectivity index is 1.33. The molecule has 14 nitrogen and oxygen atoms in total. The molecule has 2 N–H and O–H groups in total. The van der Waals surface area contributed by atoms with Crippen LogP contribution in [0.25, 0.3) is 0 Å². The van der Waals surface area contributed by atoms with E-state index in [1.54, 1.807) is 0 Å². The van der Waals surface area contributed by atoms with Gasteiger partial charge in [-0.2, -0.15) is 0 Å². The summed E-state index contributed by atoms with van der Waals surface area (Å²) in [5.41, 5.74) is 0.815. The molecule has 3 aliphatic rings. The van der Waals surface area contributed by atoms with Gasteiger partial charge >= 0.3 is 6.09 Å². The van der Waals surface area contributed by atoms with Crippen molar-refractivity contribution in [3.05, 3.63) is 60.2 Å². The van der Waals surface area contributed by atoms with E-state index in [1.165, 1.54) is 38.4 Å². The zero-order valence-corrected chi connectivity index (χ0v) is 27.4. The molecule has 5 atom stereocenters. The number of sulfonamides is 1. The molecule has 0 bridgehead atoms. The van der Waals surface area contributed by atoms with Gasteiger partial charge in [0, 0.05) is 13.1 Å². The fourth-order valence-corrected chi connectivity index (χ4v) is 7.17. The first-order valence-corrected chi connectivity index (χ1v) is 17.2. The van der Waals surface area contributed by atoms with Crippen molar-refractivity contribution in [2.45, 2.75) is 74.1 Å². The van der Waals surface area contributed by atoms with Gasteiger partial charge in [-0.05, 0) is 43.4 Å². The van der Waals surface area contributed by atoms with Crippen LogP contribution in [0.5, 0.6) is 5.75 Å². The van der Waals surface area contributed by atoms with Crippen molar-refractivity contribution in [2.75, 3.05) is 40.5 Å². The number of amides is 2. The fraction of sp³-hybridized carbons (Fsp3) is 0.562. The Morgan fingerprint density at radius 2 is 1.83 bits per heavy atom. The fourth-order valence-electron chi connectivity index (χ4n) is 5.84. The lowest BCUT2D eigenvalue weighted by Crippen LogP contribution is -2.51. The van der Waals surface area contributed by atoms with E-state index in [0.717, 1.165) is 27.9 Å². The van der Waals surface area contributed by atoms with Crippen molar-refractivity contribution in [3.8, 4) is 5.75 Å². The molecule has 1 aliphatic carbocycles. The maximum Gasteiger partial charge on any atom is 0.407 e. The minimum Gasteiger partial charge on any atom is -0.484 e. The summed E-state index contributed by atoms with van der Waals surface area (Å²) >= 11 is 0. The number of hydrogen-bond acceptors (Lipinski definition) is 11. The number of ether oxygens (including phenoxy) is 4. The largest absolute Gasteiger partial charge is 0.484 e. The van der Waals surface area contributed by atoms with Gasteiger partial charge in [-0.1, -0.05) is 53.7 Å². The van der Waals surface area contributed by atoms with Crippen LogP contribution in [0.2, 0.25) is 0 Å². The van der Waals surface area contributed by atoms with E-state index in [-0.39, 0.29) is 42.3 Å². The average Bonchev–Trinajstić information content (AvgIpc) is 3.84. The normalized spacial score (nSPS) is 22.5. The highest BCUT2D eigenvalue weighted by Crippen LogP contribution is 2.33. The number of nitrogens with one attached hydrogen (secondary N) is 1. The molecule has 1 saturated carbocycles. The van der Waals surface area contributed by atoms with Gasteiger partial charge < -0.3 is 29.4 Å². The molecule has 2 aliphatic heterocycles. The number of carbonyl (C=O) groups is 2. The molecule has 0 radical (unpaired) electrons. The first-order chi connectivity index (χ1) is 22.6. The molecule has 5 rings (SSSR count). The lowest BCUT2D eigenvalue weighted by Gasteiger charge is -2.31. The molecular formula is C32H43N3O11S. The van der Waals surface area contributed by atoms with Crippen LogP contribution in [0.1, 0.15) is 37.7 Å². The van der Waals surface area contributed by atoms with Crippen molar-refractivity contribution in [3.63, 3.8) is 0 Å². The first-order valence-electron chi connectivity index (χ1n) is 15.8. The van der Waals surface area contributed by atoms with Crippen molar-refractivity contribution >= 4 is 22.0 Å². The minimum absolute atomic E-state index is 0.0718. The van der Waals surface area contributed by atoms with Crippen molar-refractivity contribution in [1.82, 2.24) is 14.8 Å². The molecule has 258 valence electrons. The molecule has 2 amide bonds. The highest BCUT2D eigenvalue weighted by molar-refractivity contribution is 7.89. The van der Waals surface area contributed by atoms with Crippen LogP contribution >= 0.6 is 0 Å². The summed E-state index contributed by atoms with van der Waals surface area (Å²) < 4.78 is 51.2. The molecule has 2 saturated heterocycles. The number of likely N-dealkylation sites (N-methyl/N-ethyl adjacent to an activating group) is 1. The lowest BCUT2D eigenvalue weighted by atomic mass is 10.0. The summed E-state index contributed by atoms with van der Waals surface area (Å²) in [6, 6.07) is 14.0. The van der Waals surface area contributed by atoms with Gasteiger partial charge in [-0.25, -0.2) is 18.3 Å². The minimum atomic E-state index is -4.35. The monoisotopic (exact) mass is 677 g/mol. The number of carbonyl (C=O) groups excluding carboxylic acids is 2. The Bertz CT molecular complexity index is 1440.